The van der Waals surface area contributed by atoms with Crippen molar-refractivity contribution in [3.63, 3.8) is 0 Å². The predicted octanol–water partition coefficient (Wildman–Crippen LogP) is 2.91. The molecule has 0 radical (unpaired) electrons. The van der Waals surface area contributed by atoms with Gasteiger partial charge in [0.15, 0.2) is 0 Å². The normalized spacial score (nSPS) is 11.2. The Morgan fingerprint density at radius 1 is 1.17 bits per heavy atom. The van der Waals surface area contributed by atoms with E-state index in [9.17, 15) is 9.59 Å². The van der Waals surface area contributed by atoms with Crippen molar-refractivity contribution < 1.29 is 26.1 Å². The van der Waals surface area contributed by atoms with Crippen LogP contribution in [-0.2, 0) is 21.3 Å². The molecule has 3 rings (SSSR count). The Hall–Kier alpha value is -2.27. The third-order valence-electron chi connectivity index (χ3n) is 3.65. The van der Waals surface area contributed by atoms with E-state index in [2.05, 4.69) is 4.98 Å². The van der Waals surface area contributed by atoms with Crippen LogP contribution in [0.3, 0.4) is 0 Å². The van der Waals surface area contributed by atoms with Gasteiger partial charge in [-0.25, -0.2) is 0 Å². The molecule has 0 saturated heterocycles. The second-order valence-corrected chi connectivity index (χ2v) is 6.54. The van der Waals surface area contributed by atoms with Crippen molar-refractivity contribution in [2.45, 2.75) is 6.92 Å². The Bertz CT molecular complexity index is 975. The number of benzene rings is 1. The average molecular weight is 470 g/mol. The summed E-state index contributed by atoms with van der Waals surface area (Å²) in [7, 11) is 0. The Morgan fingerprint density at radius 2 is 1.91 bits per heavy atom. The van der Waals surface area contributed by atoms with Gasteiger partial charge in [-0.05, 0) is 0 Å². The van der Waals surface area contributed by atoms with E-state index in [4.69, 9.17) is 0 Å². The first-order valence-electron chi connectivity index (χ1n) is 7.06. The second-order valence-electron chi connectivity index (χ2n) is 5.10. The van der Waals surface area contributed by atoms with E-state index in [1.165, 1.54) is 9.05 Å². The fraction of sp³-hybridized carbons (Fsp3) is 0.0556. The van der Waals surface area contributed by atoms with Crippen LogP contribution in [0.2, 0.25) is 0 Å². The van der Waals surface area contributed by atoms with Gasteiger partial charge in [0.25, 0.3) is 0 Å². The number of carbonyl (C=O) groups excluding carboxylic acids is 1. The molecule has 0 aliphatic rings. The SMILES string of the molecule is Cc1c(C(=O)/C=C/c2ccccc2)c(=O)[n]([Ta])c2ncccc12. The van der Waals surface area contributed by atoms with E-state index in [0.717, 1.165) is 10.9 Å². The summed E-state index contributed by atoms with van der Waals surface area (Å²) in [6.07, 6.45) is 4.84. The van der Waals surface area contributed by atoms with Crippen molar-refractivity contribution >= 4 is 22.9 Å². The first-order chi connectivity index (χ1) is 11.1. The molecule has 0 aliphatic carbocycles. The van der Waals surface area contributed by atoms with Crippen LogP contribution in [0.15, 0.2) is 59.5 Å². The molecule has 0 atom stereocenters. The molecule has 0 spiro atoms. The maximum absolute atomic E-state index is 12.6. The van der Waals surface area contributed by atoms with E-state index >= 15 is 0 Å². The molecule has 5 heteroatoms. The minimum absolute atomic E-state index is 0.222. The zero-order chi connectivity index (χ0) is 16.4. The molecule has 0 saturated carbocycles. The maximum atomic E-state index is 12.6. The predicted molar refractivity (Wildman–Crippen MR) is 85.9 cm³/mol. The van der Waals surface area contributed by atoms with Gasteiger partial charge in [0.1, 0.15) is 0 Å². The van der Waals surface area contributed by atoms with Crippen LogP contribution in [0.1, 0.15) is 21.5 Å². The summed E-state index contributed by atoms with van der Waals surface area (Å²) in [5.41, 5.74) is 2.19. The van der Waals surface area contributed by atoms with Crippen molar-refractivity contribution in [1.82, 2.24) is 7.95 Å². The number of hydrogen-bond acceptors (Lipinski definition) is 3. The van der Waals surface area contributed by atoms with Crippen LogP contribution in [0, 0.1) is 6.92 Å². The van der Waals surface area contributed by atoms with Crippen LogP contribution < -0.4 is 5.56 Å². The first kappa shape index (κ1) is 15.6. The van der Waals surface area contributed by atoms with E-state index in [1.54, 1.807) is 19.2 Å². The summed E-state index contributed by atoms with van der Waals surface area (Å²) in [5.74, 6) is -0.276. The number of ketones is 1. The van der Waals surface area contributed by atoms with E-state index in [-0.39, 0.29) is 16.9 Å². The van der Waals surface area contributed by atoms with Crippen LogP contribution in [-0.4, -0.2) is 13.7 Å². The molecule has 0 aliphatic heterocycles. The van der Waals surface area contributed by atoms with Crippen molar-refractivity contribution in [3.05, 3.63) is 81.8 Å². The Labute approximate surface area is 145 Å². The molecule has 0 bridgehead atoms. The molecule has 3 aromatic rings. The van der Waals surface area contributed by atoms with Crippen LogP contribution in [0.25, 0.3) is 17.1 Å². The van der Waals surface area contributed by atoms with E-state index in [1.807, 2.05) is 42.5 Å². The summed E-state index contributed by atoms with van der Waals surface area (Å²) in [6.45, 7) is 1.80. The number of aryl methyl sites for hydroxylation is 1. The minimum atomic E-state index is -0.276. The fourth-order valence-corrected chi connectivity index (χ4v) is 3.40. The molecular weight excluding hydrogens is 457 g/mol. The van der Waals surface area contributed by atoms with Crippen LogP contribution >= 0.6 is 0 Å². The number of hydrogen-bond donors (Lipinski definition) is 0. The second kappa shape index (κ2) is 6.46. The summed E-state index contributed by atoms with van der Waals surface area (Å²) < 4.78 is 1.53. The molecule has 0 unspecified atom stereocenters. The molecule has 0 amide bonds. The summed E-state index contributed by atoms with van der Waals surface area (Å²) in [6, 6.07) is 13.2. The number of nitrogens with zero attached hydrogens (tertiary/aromatic N) is 2. The van der Waals surface area contributed by atoms with E-state index in [0.29, 0.717) is 32.5 Å². The Balaban J connectivity index is 2.11. The zero-order valence-corrected chi connectivity index (χ0v) is 15.6. The third kappa shape index (κ3) is 2.97. The zero-order valence-electron chi connectivity index (χ0n) is 12.4. The third-order valence-corrected chi connectivity index (χ3v) is 4.98. The van der Waals surface area contributed by atoms with Crippen molar-refractivity contribution in [2.24, 2.45) is 0 Å². The Morgan fingerprint density at radius 3 is 2.65 bits per heavy atom. The van der Waals surface area contributed by atoms with Gasteiger partial charge in [0, 0.05) is 0 Å². The molecule has 2 aromatic heterocycles. The molecule has 0 N–H and O–H groups in total. The summed E-state index contributed by atoms with van der Waals surface area (Å²) in [5, 5.41) is 0.839. The van der Waals surface area contributed by atoms with E-state index < -0.39 is 0 Å². The molecule has 2 heterocycles. The Kier molecular flexibility index (Phi) is 4.39. The summed E-state index contributed by atoms with van der Waals surface area (Å²) >= 11 is 0.708. The summed E-state index contributed by atoms with van der Waals surface area (Å²) in [4.78, 5) is 29.4. The van der Waals surface area contributed by atoms with Gasteiger partial charge in [0.05, 0.1) is 0 Å². The molecule has 4 nitrogen and oxygen atoms in total. The van der Waals surface area contributed by atoms with Crippen LogP contribution in [0.4, 0.5) is 0 Å². The van der Waals surface area contributed by atoms with Gasteiger partial charge < -0.3 is 0 Å². The first-order valence-corrected chi connectivity index (χ1v) is 8.50. The number of allylic oxidation sites excluding steroid dienone is 1. The number of fused-ring (bicyclic) bond motifs is 1. The average Bonchev–Trinajstić information content (AvgIpc) is 2.59. The molecular formula is C18H13N2O2Ta. The molecule has 23 heavy (non-hydrogen) atoms. The quantitative estimate of drug-likeness (QED) is 0.437. The molecule has 0 fully saturated rings. The molecule has 112 valence electrons. The van der Waals surface area contributed by atoms with Gasteiger partial charge in [-0.1, -0.05) is 0 Å². The standard InChI is InChI=1S/C18H14N2O2.Ta/c1-12-14-8-5-11-19-17(14)20-18(22)16(12)15(21)10-9-13-6-3-2-4-7-13;/h2-11H,1H3,(H,19,20,21,22);/q;+1/p-1/b10-9+;. The topological polar surface area (TPSA) is 52.0 Å². The fourth-order valence-electron chi connectivity index (χ4n) is 2.47. The van der Waals surface area contributed by atoms with Gasteiger partial charge >= 0.3 is 146 Å². The number of rotatable bonds is 3. The van der Waals surface area contributed by atoms with Crippen molar-refractivity contribution in [2.75, 3.05) is 0 Å². The number of carbonyl (C=O) groups is 1. The van der Waals surface area contributed by atoms with Crippen LogP contribution in [0.5, 0.6) is 0 Å². The van der Waals surface area contributed by atoms with Gasteiger partial charge in [-0.3, -0.25) is 0 Å². The van der Waals surface area contributed by atoms with Gasteiger partial charge in [-0.15, -0.1) is 0 Å². The van der Waals surface area contributed by atoms with Crippen molar-refractivity contribution in [1.29, 1.82) is 0 Å². The van der Waals surface area contributed by atoms with Gasteiger partial charge in [0.2, 0.25) is 0 Å². The number of pyridine rings is 2. The molecule has 1 aromatic carbocycles. The van der Waals surface area contributed by atoms with Gasteiger partial charge in [-0.2, -0.15) is 0 Å². The monoisotopic (exact) mass is 470 g/mol. The van der Waals surface area contributed by atoms with Crippen molar-refractivity contribution in [3.8, 4) is 0 Å². The number of aromatic nitrogens is 2.